The quantitative estimate of drug-likeness (QED) is 0.561. The summed E-state index contributed by atoms with van der Waals surface area (Å²) < 4.78 is 0. The van der Waals surface area contributed by atoms with Gasteiger partial charge in [0.2, 0.25) is 0 Å². The van der Waals surface area contributed by atoms with Crippen molar-refractivity contribution in [1.29, 1.82) is 0 Å². The van der Waals surface area contributed by atoms with Crippen molar-refractivity contribution in [2.75, 3.05) is 0 Å². The first kappa shape index (κ1) is 6.22. The average Bonchev–Trinajstić information content (AvgIpc) is 2.06. The molecule has 54 valence electrons. The number of nitrogens with zero attached hydrogens (tertiary/aromatic N) is 3. The molecule has 0 fully saturated rings. The molecule has 3 nitrogen and oxygen atoms in total. The Morgan fingerprint density at radius 3 is 2.73 bits per heavy atom. The number of fused-ring (bicyclic) bond motifs is 1. The highest BCUT2D eigenvalue weighted by Gasteiger charge is 1.95. The lowest BCUT2D eigenvalue weighted by Crippen LogP contribution is -1.85. The number of aromatic nitrogens is 3. The van der Waals surface area contributed by atoms with Gasteiger partial charge in [0.05, 0.1) is 5.52 Å². The van der Waals surface area contributed by atoms with Crippen LogP contribution in [0.1, 0.15) is 5.56 Å². The maximum absolute atomic E-state index is 4.13. The highest BCUT2D eigenvalue weighted by Crippen LogP contribution is 2.10. The maximum atomic E-state index is 4.13. The summed E-state index contributed by atoms with van der Waals surface area (Å²) in [7, 11) is 0. The molecule has 0 amide bonds. The second-order valence-corrected chi connectivity index (χ2v) is 2.42. The van der Waals surface area contributed by atoms with Crippen LogP contribution in [0, 0.1) is 6.92 Å². The van der Waals surface area contributed by atoms with Crippen LogP contribution in [0.5, 0.6) is 0 Å². The van der Waals surface area contributed by atoms with E-state index in [1.165, 1.54) is 0 Å². The van der Waals surface area contributed by atoms with Crippen molar-refractivity contribution in [3.63, 3.8) is 0 Å². The largest absolute Gasteiger partial charge is 0.264 e. The highest BCUT2D eigenvalue weighted by atomic mass is 14.8. The Labute approximate surface area is 64.1 Å². The fourth-order valence-corrected chi connectivity index (χ4v) is 1.05. The summed E-state index contributed by atoms with van der Waals surface area (Å²) >= 11 is 0. The van der Waals surface area contributed by atoms with Crippen molar-refractivity contribution in [2.45, 2.75) is 6.92 Å². The van der Waals surface area contributed by atoms with Crippen LogP contribution >= 0.6 is 0 Å². The van der Waals surface area contributed by atoms with E-state index in [9.17, 15) is 0 Å². The summed E-state index contributed by atoms with van der Waals surface area (Å²) in [6, 6.07) is 0. The lowest BCUT2D eigenvalue weighted by Gasteiger charge is -1.96. The van der Waals surface area contributed by atoms with Crippen LogP contribution in [0.2, 0.25) is 0 Å². The van der Waals surface area contributed by atoms with Crippen molar-refractivity contribution < 1.29 is 0 Å². The van der Waals surface area contributed by atoms with Gasteiger partial charge in [0, 0.05) is 24.0 Å². The number of hydrogen-bond donors (Lipinski definition) is 0. The highest BCUT2D eigenvalue weighted by molar-refractivity contribution is 5.78. The second-order valence-electron chi connectivity index (χ2n) is 2.42. The van der Waals surface area contributed by atoms with Gasteiger partial charge >= 0.3 is 0 Å². The molecule has 2 aromatic heterocycles. The summed E-state index contributed by atoms with van der Waals surface area (Å²) in [6.45, 7) is 1.99. The Bertz CT molecular complexity index is 378. The van der Waals surface area contributed by atoms with Gasteiger partial charge in [-0.3, -0.25) is 4.98 Å². The van der Waals surface area contributed by atoms with Crippen molar-refractivity contribution in [1.82, 2.24) is 15.0 Å². The third-order valence-corrected chi connectivity index (χ3v) is 1.60. The Morgan fingerprint density at radius 2 is 1.91 bits per heavy atom. The predicted octanol–water partition coefficient (Wildman–Crippen LogP) is 1.33. The van der Waals surface area contributed by atoms with Crippen LogP contribution in [0.4, 0.5) is 0 Å². The van der Waals surface area contributed by atoms with Crippen LogP contribution in [0.15, 0.2) is 24.9 Å². The Kier molecular flexibility index (Phi) is 1.28. The number of aryl methyl sites for hydroxylation is 1. The molecular weight excluding hydrogens is 138 g/mol. The predicted molar refractivity (Wildman–Crippen MR) is 42.1 cm³/mol. The summed E-state index contributed by atoms with van der Waals surface area (Å²) in [5.74, 6) is 0. The maximum Gasteiger partial charge on any atom is 0.116 e. The molecule has 0 aromatic carbocycles. The monoisotopic (exact) mass is 145 g/mol. The van der Waals surface area contributed by atoms with Crippen molar-refractivity contribution in [3.8, 4) is 0 Å². The van der Waals surface area contributed by atoms with E-state index in [0.717, 1.165) is 16.5 Å². The van der Waals surface area contributed by atoms with E-state index in [2.05, 4.69) is 15.0 Å². The molecular formula is C8H7N3. The van der Waals surface area contributed by atoms with E-state index in [4.69, 9.17) is 0 Å². The van der Waals surface area contributed by atoms with Gasteiger partial charge < -0.3 is 0 Å². The van der Waals surface area contributed by atoms with Gasteiger partial charge in [-0.05, 0) is 12.5 Å². The van der Waals surface area contributed by atoms with E-state index in [1.54, 1.807) is 24.9 Å². The fourth-order valence-electron chi connectivity index (χ4n) is 1.05. The topological polar surface area (TPSA) is 38.7 Å². The first-order chi connectivity index (χ1) is 5.38. The zero-order valence-electron chi connectivity index (χ0n) is 6.15. The zero-order chi connectivity index (χ0) is 7.68. The molecule has 11 heavy (non-hydrogen) atoms. The third-order valence-electron chi connectivity index (χ3n) is 1.60. The normalized spacial score (nSPS) is 10.3. The zero-order valence-corrected chi connectivity index (χ0v) is 6.15. The van der Waals surface area contributed by atoms with E-state index < -0.39 is 0 Å². The Morgan fingerprint density at radius 1 is 1.09 bits per heavy atom. The Balaban J connectivity index is 2.91. The van der Waals surface area contributed by atoms with Gasteiger partial charge in [0.1, 0.15) is 6.33 Å². The molecule has 0 aliphatic heterocycles. The van der Waals surface area contributed by atoms with Gasteiger partial charge in [0.25, 0.3) is 0 Å². The van der Waals surface area contributed by atoms with E-state index in [-0.39, 0.29) is 0 Å². The third kappa shape index (κ3) is 0.941. The van der Waals surface area contributed by atoms with Gasteiger partial charge in [0.15, 0.2) is 0 Å². The molecule has 2 aromatic rings. The van der Waals surface area contributed by atoms with Crippen LogP contribution in [0.3, 0.4) is 0 Å². The average molecular weight is 145 g/mol. The summed E-state index contributed by atoms with van der Waals surface area (Å²) in [5.41, 5.74) is 2.07. The molecule has 0 saturated heterocycles. The minimum atomic E-state index is 0.981. The van der Waals surface area contributed by atoms with Crippen LogP contribution in [-0.2, 0) is 0 Å². The Hall–Kier alpha value is -1.51. The summed E-state index contributed by atoms with van der Waals surface area (Å²) in [5, 5.41) is 0.993. The molecule has 3 heteroatoms. The molecule has 2 rings (SSSR count). The fraction of sp³-hybridized carbons (Fsp3) is 0.125. The van der Waals surface area contributed by atoms with Gasteiger partial charge in [-0.2, -0.15) is 0 Å². The van der Waals surface area contributed by atoms with Gasteiger partial charge in [-0.25, -0.2) is 9.97 Å². The lowest BCUT2D eigenvalue weighted by molar-refractivity contribution is 1.19. The van der Waals surface area contributed by atoms with E-state index >= 15 is 0 Å². The molecule has 0 saturated carbocycles. The van der Waals surface area contributed by atoms with Crippen molar-refractivity contribution >= 4 is 10.9 Å². The molecule has 0 aliphatic carbocycles. The molecule has 0 aliphatic rings. The van der Waals surface area contributed by atoms with Gasteiger partial charge in [-0.15, -0.1) is 0 Å². The van der Waals surface area contributed by atoms with Crippen LogP contribution in [0.25, 0.3) is 10.9 Å². The van der Waals surface area contributed by atoms with Crippen LogP contribution in [-0.4, -0.2) is 15.0 Å². The van der Waals surface area contributed by atoms with Crippen molar-refractivity contribution in [2.24, 2.45) is 0 Å². The minimum Gasteiger partial charge on any atom is -0.264 e. The van der Waals surface area contributed by atoms with E-state index in [1.807, 2.05) is 6.92 Å². The lowest BCUT2D eigenvalue weighted by atomic mass is 10.2. The number of rotatable bonds is 0. The molecule has 0 atom stereocenters. The molecule has 0 radical (unpaired) electrons. The van der Waals surface area contributed by atoms with Gasteiger partial charge in [-0.1, -0.05) is 0 Å². The SMILES string of the molecule is Cc1cncc2cncnc12. The summed E-state index contributed by atoms with van der Waals surface area (Å²) in [4.78, 5) is 12.1. The standard InChI is InChI=1S/C8H7N3/c1-6-2-9-3-7-4-10-5-11-8(6)7/h2-5H,1H3. The van der Waals surface area contributed by atoms with E-state index in [0.29, 0.717) is 0 Å². The molecule has 2 heterocycles. The number of hydrogen-bond acceptors (Lipinski definition) is 3. The first-order valence-corrected chi connectivity index (χ1v) is 3.38. The molecule has 0 N–H and O–H groups in total. The number of pyridine rings is 1. The molecule has 0 bridgehead atoms. The molecule has 0 unspecified atom stereocenters. The minimum absolute atomic E-state index is 0.981. The smallest absolute Gasteiger partial charge is 0.116 e. The first-order valence-electron chi connectivity index (χ1n) is 3.38. The second kappa shape index (κ2) is 2.27. The molecule has 0 spiro atoms. The summed E-state index contributed by atoms with van der Waals surface area (Å²) in [6.07, 6.45) is 6.88. The van der Waals surface area contributed by atoms with Crippen LogP contribution < -0.4 is 0 Å². The van der Waals surface area contributed by atoms with Crippen molar-refractivity contribution in [3.05, 3.63) is 30.5 Å².